The third-order valence-corrected chi connectivity index (χ3v) is 4.53. The third kappa shape index (κ3) is 7.85. The maximum absolute atomic E-state index is 12.8. The van der Waals surface area contributed by atoms with Crippen LogP contribution in [0.3, 0.4) is 0 Å². The fourth-order valence-corrected chi connectivity index (χ4v) is 2.88. The van der Waals surface area contributed by atoms with Crippen molar-refractivity contribution in [2.24, 2.45) is 17.3 Å². The van der Waals surface area contributed by atoms with Gasteiger partial charge in [-0.25, -0.2) is 0 Å². The Kier molecular flexibility index (Phi) is 10.3. The second-order valence-electron chi connectivity index (χ2n) is 7.60. The highest BCUT2D eigenvalue weighted by atomic mass is 16.2. The number of carbonyl (C=O) groups excluding carboxylic acids is 2. The van der Waals surface area contributed by atoms with E-state index in [4.69, 9.17) is 0 Å². The number of amides is 1. The Hall–Kier alpha value is -1.64. The van der Waals surface area contributed by atoms with Gasteiger partial charge in [-0.3, -0.25) is 9.59 Å². The fourth-order valence-electron chi connectivity index (χ4n) is 2.88. The summed E-state index contributed by atoms with van der Waals surface area (Å²) in [4.78, 5) is 24.8. The third-order valence-electron chi connectivity index (χ3n) is 4.53. The molecule has 25 heavy (non-hydrogen) atoms. The summed E-state index contributed by atoms with van der Waals surface area (Å²) >= 11 is 0. The van der Waals surface area contributed by atoms with Gasteiger partial charge in [0, 0.05) is 7.34 Å². The van der Waals surface area contributed by atoms with Gasteiger partial charge in [-0.15, -0.1) is 0 Å². The molecule has 3 atom stereocenters. The lowest BCUT2D eigenvalue weighted by molar-refractivity contribution is -0.132. The molecule has 3 nitrogen and oxygen atoms in total. The number of hydrogen-bond donors (Lipinski definition) is 1. The van der Waals surface area contributed by atoms with Crippen LogP contribution in [-0.4, -0.2) is 17.7 Å². The second kappa shape index (κ2) is 11.1. The van der Waals surface area contributed by atoms with Crippen LogP contribution in [0.15, 0.2) is 30.3 Å². The topological polar surface area (TPSA) is 46.2 Å². The zero-order valence-electron chi connectivity index (χ0n) is 17.3. The molecule has 0 fully saturated rings. The minimum absolute atomic E-state index is 0. The van der Waals surface area contributed by atoms with Crippen molar-refractivity contribution in [1.29, 1.82) is 0 Å². The van der Waals surface area contributed by atoms with Crippen LogP contribution in [0.25, 0.3) is 0 Å². The van der Waals surface area contributed by atoms with Crippen molar-refractivity contribution in [2.75, 3.05) is 0 Å². The van der Waals surface area contributed by atoms with Gasteiger partial charge in [-0.2, -0.15) is 0 Å². The minimum Gasteiger partial charge on any atom is -0.346 e. The highest BCUT2D eigenvalue weighted by Crippen LogP contribution is 2.24. The van der Waals surface area contributed by atoms with Crippen LogP contribution >= 0.6 is 0 Å². The lowest BCUT2D eigenvalue weighted by atomic mass is 9.82. The summed E-state index contributed by atoms with van der Waals surface area (Å²) in [6.45, 7) is 15.7. The van der Waals surface area contributed by atoms with E-state index < -0.39 is 6.04 Å². The normalized spacial score (nSPS) is 14.6. The van der Waals surface area contributed by atoms with E-state index in [-0.39, 0.29) is 30.4 Å². The molecular weight excluding hydrogens is 310 g/mol. The molecule has 0 aliphatic carbocycles. The van der Waals surface area contributed by atoms with Crippen LogP contribution in [0.1, 0.15) is 68.8 Å². The van der Waals surface area contributed by atoms with E-state index in [1.54, 1.807) is 6.92 Å². The molecule has 1 aromatic carbocycles. The van der Waals surface area contributed by atoms with E-state index in [1.165, 1.54) is 0 Å². The van der Waals surface area contributed by atoms with E-state index in [0.29, 0.717) is 6.42 Å². The molecule has 1 amide bonds. The smallest absolute Gasteiger partial charge is 0.224 e. The molecule has 144 valence electrons. The molecular formula is C22H39NO2. The van der Waals surface area contributed by atoms with Crippen molar-refractivity contribution in [1.82, 2.24) is 5.32 Å². The van der Waals surface area contributed by atoms with Gasteiger partial charge in [0.15, 0.2) is 5.78 Å². The number of hydrogen-bond acceptors (Lipinski definition) is 2. The van der Waals surface area contributed by atoms with Gasteiger partial charge in [0.1, 0.15) is 0 Å². The summed E-state index contributed by atoms with van der Waals surface area (Å²) in [6.07, 6.45) is 1.64. The maximum atomic E-state index is 12.8. The first-order chi connectivity index (χ1) is 11.7. The molecule has 1 rings (SSSR count). The SMILES string of the molecule is CC.CCC(C)[C@@H](Cc1ccccc1)C(=O)N[C@H](C(C)=O)C(C)(C)C.[HH]. The molecule has 1 unspecified atom stereocenters. The van der Waals surface area contributed by atoms with Crippen LogP contribution < -0.4 is 5.32 Å². The molecule has 1 aromatic rings. The van der Waals surface area contributed by atoms with Gasteiger partial charge in [-0.05, 0) is 30.2 Å². The number of rotatable bonds is 7. The van der Waals surface area contributed by atoms with E-state index in [1.807, 2.05) is 52.8 Å². The molecule has 1 N–H and O–H groups in total. The molecule has 0 heterocycles. The summed E-state index contributed by atoms with van der Waals surface area (Å²) in [5.74, 6) is 0.140. The number of ketones is 1. The zero-order valence-corrected chi connectivity index (χ0v) is 17.3. The van der Waals surface area contributed by atoms with Gasteiger partial charge in [0.2, 0.25) is 5.91 Å². The number of nitrogens with one attached hydrogen (secondary N) is 1. The predicted molar refractivity (Wildman–Crippen MR) is 109 cm³/mol. The molecule has 3 heteroatoms. The summed E-state index contributed by atoms with van der Waals surface area (Å²) in [7, 11) is 0. The van der Waals surface area contributed by atoms with Crippen molar-refractivity contribution < 1.29 is 11.0 Å². The quantitative estimate of drug-likeness (QED) is 0.727. The first kappa shape index (κ1) is 23.4. The van der Waals surface area contributed by atoms with Gasteiger partial charge >= 0.3 is 0 Å². The molecule has 0 spiro atoms. The standard InChI is InChI=1S/C20H31NO2.C2H6.H2/c1-7-14(2)17(13-16-11-9-8-10-12-16)19(23)21-18(15(3)22)20(4,5)6;1-2;/h8-12,14,17-18H,7,13H2,1-6H3,(H,21,23);1-2H3;1H/t14?,17-,18-;;/m1../s1. The highest BCUT2D eigenvalue weighted by molar-refractivity contribution is 5.89. The molecule has 0 aromatic heterocycles. The Morgan fingerprint density at radius 3 is 2.04 bits per heavy atom. The van der Waals surface area contributed by atoms with Crippen molar-refractivity contribution >= 4 is 11.7 Å². The zero-order chi connectivity index (χ0) is 19.6. The highest BCUT2D eigenvalue weighted by Gasteiger charge is 2.33. The van der Waals surface area contributed by atoms with E-state index >= 15 is 0 Å². The minimum atomic E-state index is -0.447. The van der Waals surface area contributed by atoms with Crippen molar-refractivity contribution in [3.63, 3.8) is 0 Å². The Labute approximate surface area is 156 Å². The molecule has 0 saturated heterocycles. The van der Waals surface area contributed by atoms with Crippen LogP contribution in [-0.2, 0) is 16.0 Å². The fraction of sp³-hybridized carbons (Fsp3) is 0.636. The Morgan fingerprint density at radius 2 is 1.64 bits per heavy atom. The van der Waals surface area contributed by atoms with Crippen LogP contribution in [0.2, 0.25) is 0 Å². The predicted octanol–water partition coefficient (Wildman–Crippen LogP) is 5.28. The van der Waals surface area contributed by atoms with Crippen molar-refractivity contribution in [2.45, 2.75) is 74.3 Å². The van der Waals surface area contributed by atoms with E-state index in [9.17, 15) is 9.59 Å². The monoisotopic (exact) mass is 349 g/mol. The first-order valence-corrected chi connectivity index (χ1v) is 9.51. The lowest BCUT2D eigenvalue weighted by Crippen LogP contribution is -2.51. The van der Waals surface area contributed by atoms with Crippen LogP contribution in [0, 0.1) is 17.3 Å². The largest absolute Gasteiger partial charge is 0.346 e. The first-order valence-electron chi connectivity index (χ1n) is 9.51. The van der Waals surface area contributed by atoms with Crippen LogP contribution in [0.5, 0.6) is 0 Å². The van der Waals surface area contributed by atoms with E-state index in [0.717, 1.165) is 12.0 Å². The number of carbonyl (C=O) groups is 2. The lowest BCUT2D eigenvalue weighted by Gasteiger charge is -2.32. The molecule has 0 aliphatic heterocycles. The second-order valence-corrected chi connectivity index (χ2v) is 7.60. The number of Topliss-reactive ketones (excluding diaryl/α,β-unsaturated/α-hetero) is 1. The van der Waals surface area contributed by atoms with Crippen molar-refractivity contribution in [3.8, 4) is 0 Å². The summed E-state index contributed by atoms with van der Waals surface area (Å²) < 4.78 is 0. The van der Waals surface area contributed by atoms with Gasteiger partial charge in [0.25, 0.3) is 0 Å². The van der Waals surface area contributed by atoms with Gasteiger partial charge in [0.05, 0.1) is 6.04 Å². The average Bonchev–Trinajstić information content (AvgIpc) is 2.58. The molecule has 0 radical (unpaired) electrons. The Morgan fingerprint density at radius 1 is 1.12 bits per heavy atom. The molecule has 0 bridgehead atoms. The Balaban J connectivity index is 0. The summed E-state index contributed by atoms with van der Waals surface area (Å²) in [5.41, 5.74) is 0.872. The molecule has 0 saturated carbocycles. The molecule has 0 aliphatic rings. The average molecular weight is 350 g/mol. The van der Waals surface area contributed by atoms with Gasteiger partial charge in [-0.1, -0.05) is 85.2 Å². The van der Waals surface area contributed by atoms with E-state index in [2.05, 4.69) is 31.3 Å². The number of benzene rings is 1. The maximum Gasteiger partial charge on any atom is 0.224 e. The van der Waals surface area contributed by atoms with Gasteiger partial charge < -0.3 is 5.32 Å². The summed E-state index contributed by atoms with van der Waals surface area (Å²) in [5, 5.41) is 3.00. The summed E-state index contributed by atoms with van der Waals surface area (Å²) in [6, 6.07) is 9.62. The van der Waals surface area contributed by atoms with Crippen molar-refractivity contribution in [3.05, 3.63) is 35.9 Å². The van der Waals surface area contributed by atoms with Crippen LogP contribution in [0.4, 0.5) is 0 Å². The Bertz CT molecular complexity index is 523.